The van der Waals surface area contributed by atoms with Crippen molar-refractivity contribution in [3.8, 4) is 0 Å². The van der Waals surface area contributed by atoms with E-state index < -0.39 is 0 Å². The van der Waals surface area contributed by atoms with Gasteiger partial charge in [-0.05, 0) is 26.8 Å². The summed E-state index contributed by atoms with van der Waals surface area (Å²) in [4.78, 5) is 2.14. The molecule has 2 N–H and O–H groups in total. The van der Waals surface area contributed by atoms with Gasteiger partial charge in [-0.2, -0.15) is 0 Å². The van der Waals surface area contributed by atoms with Crippen molar-refractivity contribution in [1.82, 2.24) is 4.90 Å². The zero-order valence-corrected chi connectivity index (χ0v) is 10.4. The molecule has 0 aliphatic rings. The third-order valence-corrected chi connectivity index (χ3v) is 2.37. The van der Waals surface area contributed by atoms with Crippen molar-refractivity contribution < 1.29 is 10.2 Å². The van der Waals surface area contributed by atoms with Crippen molar-refractivity contribution in [3.63, 3.8) is 0 Å². The second kappa shape index (κ2) is 9.13. The minimum absolute atomic E-state index is 0.310. The Morgan fingerprint density at radius 1 is 0.933 bits per heavy atom. The maximum atomic E-state index is 9.32. The summed E-state index contributed by atoms with van der Waals surface area (Å²) in [5.74, 6) is 0. The van der Waals surface area contributed by atoms with E-state index in [0.717, 1.165) is 13.0 Å². The summed E-state index contributed by atoms with van der Waals surface area (Å²) >= 11 is 0. The highest BCUT2D eigenvalue weighted by molar-refractivity contribution is 4.64. The first-order valence-electron chi connectivity index (χ1n) is 6.14. The minimum atomic E-state index is -0.310. The highest BCUT2D eigenvalue weighted by atomic mass is 16.3. The quantitative estimate of drug-likeness (QED) is 0.577. The first-order chi connectivity index (χ1) is 7.06. The van der Waals surface area contributed by atoms with Crippen LogP contribution in [0.4, 0.5) is 0 Å². The van der Waals surface area contributed by atoms with Crippen LogP contribution in [0.1, 0.15) is 46.5 Å². The first-order valence-corrected chi connectivity index (χ1v) is 6.14. The average Bonchev–Trinajstić information content (AvgIpc) is 2.10. The van der Waals surface area contributed by atoms with Crippen LogP contribution in [0.25, 0.3) is 0 Å². The fourth-order valence-electron chi connectivity index (χ4n) is 1.77. The van der Waals surface area contributed by atoms with Gasteiger partial charge in [0.15, 0.2) is 0 Å². The number of hydrogen-bond donors (Lipinski definition) is 2. The molecule has 0 bridgehead atoms. The highest BCUT2D eigenvalue weighted by Crippen LogP contribution is 2.03. The number of aliphatic hydroxyl groups is 2. The molecule has 15 heavy (non-hydrogen) atoms. The molecule has 0 saturated heterocycles. The topological polar surface area (TPSA) is 43.7 Å². The number of aliphatic hydroxyl groups excluding tert-OH is 2. The van der Waals surface area contributed by atoms with Gasteiger partial charge >= 0.3 is 0 Å². The molecule has 0 rings (SSSR count). The largest absolute Gasteiger partial charge is 0.392 e. The molecule has 0 aromatic rings. The molecule has 0 radical (unpaired) electrons. The molecule has 0 aromatic heterocycles. The number of hydrogen-bond acceptors (Lipinski definition) is 3. The van der Waals surface area contributed by atoms with Crippen LogP contribution in [0.2, 0.25) is 0 Å². The van der Waals surface area contributed by atoms with Crippen molar-refractivity contribution in [2.45, 2.75) is 58.7 Å². The van der Waals surface area contributed by atoms with E-state index in [1.807, 2.05) is 0 Å². The van der Waals surface area contributed by atoms with E-state index >= 15 is 0 Å². The molecule has 0 spiro atoms. The van der Waals surface area contributed by atoms with Gasteiger partial charge in [0.2, 0.25) is 0 Å². The molecular formula is C12H27NO2. The normalized spacial score (nSPS) is 15.6. The van der Waals surface area contributed by atoms with Crippen LogP contribution < -0.4 is 0 Å². The molecule has 0 amide bonds. The van der Waals surface area contributed by atoms with Crippen molar-refractivity contribution in [1.29, 1.82) is 0 Å². The third kappa shape index (κ3) is 10.2. The Balaban J connectivity index is 3.69. The maximum absolute atomic E-state index is 9.32. The Kier molecular flexibility index (Phi) is 9.06. The predicted octanol–water partition coefficient (Wildman–Crippen LogP) is 1.63. The molecule has 0 fully saturated rings. The van der Waals surface area contributed by atoms with Gasteiger partial charge in [-0.1, -0.05) is 26.2 Å². The lowest BCUT2D eigenvalue weighted by molar-refractivity contribution is 0.0825. The van der Waals surface area contributed by atoms with Crippen molar-refractivity contribution in [2.75, 3.05) is 19.6 Å². The molecule has 3 heteroatoms. The summed E-state index contributed by atoms with van der Waals surface area (Å²) in [6.45, 7) is 8.09. The Hall–Kier alpha value is -0.120. The van der Waals surface area contributed by atoms with E-state index in [0.29, 0.717) is 13.1 Å². The monoisotopic (exact) mass is 217 g/mol. The fraction of sp³-hybridized carbons (Fsp3) is 1.00. The van der Waals surface area contributed by atoms with E-state index in [1.54, 1.807) is 13.8 Å². The zero-order valence-electron chi connectivity index (χ0n) is 10.4. The molecule has 0 heterocycles. The zero-order chi connectivity index (χ0) is 11.7. The van der Waals surface area contributed by atoms with Gasteiger partial charge in [0.05, 0.1) is 12.2 Å². The number of nitrogens with zero attached hydrogens (tertiary/aromatic N) is 1. The SMILES string of the molecule is CCCCCCN(C[C@H](C)O)C[C@@H](C)O. The molecule has 0 aromatic carbocycles. The lowest BCUT2D eigenvalue weighted by Gasteiger charge is -2.24. The van der Waals surface area contributed by atoms with E-state index in [4.69, 9.17) is 0 Å². The van der Waals surface area contributed by atoms with Crippen molar-refractivity contribution >= 4 is 0 Å². The first kappa shape index (κ1) is 14.9. The second-order valence-electron chi connectivity index (χ2n) is 4.52. The molecule has 0 unspecified atom stereocenters. The molecule has 92 valence electrons. The fourth-order valence-corrected chi connectivity index (χ4v) is 1.77. The Morgan fingerprint density at radius 2 is 1.47 bits per heavy atom. The van der Waals surface area contributed by atoms with Gasteiger partial charge < -0.3 is 10.2 Å². The van der Waals surface area contributed by atoms with Crippen LogP contribution in [-0.4, -0.2) is 47.0 Å². The van der Waals surface area contributed by atoms with Gasteiger partial charge in [-0.25, -0.2) is 0 Å². The van der Waals surface area contributed by atoms with Crippen molar-refractivity contribution in [2.24, 2.45) is 0 Å². The van der Waals surface area contributed by atoms with E-state index in [9.17, 15) is 10.2 Å². The smallest absolute Gasteiger partial charge is 0.0639 e. The van der Waals surface area contributed by atoms with Gasteiger partial charge in [0, 0.05) is 13.1 Å². The second-order valence-corrected chi connectivity index (χ2v) is 4.52. The third-order valence-electron chi connectivity index (χ3n) is 2.37. The van der Waals surface area contributed by atoms with Gasteiger partial charge in [0.1, 0.15) is 0 Å². The molecular weight excluding hydrogens is 190 g/mol. The summed E-state index contributed by atoms with van der Waals surface area (Å²) < 4.78 is 0. The molecule has 3 nitrogen and oxygen atoms in total. The van der Waals surface area contributed by atoms with E-state index in [2.05, 4.69) is 11.8 Å². The van der Waals surface area contributed by atoms with Crippen molar-refractivity contribution in [3.05, 3.63) is 0 Å². The maximum Gasteiger partial charge on any atom is 0.0639 e. The summed E-state index contributed by atoms with van der Waals surface area (Å²) in [5.41, 5.74) is 0. The minimum Gasteiger partial charge on any atom is -0.392 e. The summed E-state index contributed by atoms with van der Waals surface area (Å²) in [6, 6.07) is 0. The Bertz CT molecular complexity index is 128. The lowest BCUT2D eigenvalue weighted by atomic mass is 10.2. The van der Waals surface area contributed by atoms with Crippen LogP contribution in [0.3, 0.4) is 0 Å². The summed E-state index contributed by atoms with van der Waals surface area (Å²) in [6.07, 6.45) is 4.30. The Labute approximate surface area is 94.1 Å². The molecule has 2 atom stereocenters. The van der Waals surface area contributed by atoms with Crippen LogP contribution in [0, 0.1) is 0 Å². The van der Waals surface area contributed by atoms with Gasteiger partial charge in [0.25, 0.3) is 0 Å². The van der Waals surface area contributed by atoms with E-state index in [1.165, 1.54) is 19.3 Å². The number of rotatable bonds is 9. The lowest BCUT2D eigenvalue weighted by Crippen LogP contribution is -2.36. The van der Waals surface area contributed by atoms with Crippen LogP contribution in [0.15, 0.2) is 0 Å². The van der Waals surface area contributed by atoms with Crippen LogP contribution in [-0.2, 0) is 0 Å². The highest BCUT2D eigenvalue weighted by Gasteiger charge is 2.10. The Morgan fingerprint density at radius 3 is 1.87 bits per heavy atom. The van der Waals surface area contributed by atoms with Crippen LogP contribution >= 0.6 is 0 Å². The predicted molar refractivity (Wildman–Crippen MR) is 63.9 cm³/mol. The average molecular weight is 217 g/mol. The summed E-state index contributed by atoms with van der Waals surface area (Å²) in [5, 5.41) is 18.6. The van der Waals surface area contributed by atoms with Gasteiger partial charge in [-0.15, -0.1) is 0 Å². The number of unbranched alkanes of at least 4 members (excludes halogenated alkanes) is 3. The van der Waals surface area contributed by atoms with E-state index in [-0.39, 0.29) is 12.2 Å². The molecule has 0 aliphatic carbocycles. The summed E-state index contributed by atoms with van der Waals surface area (Å²) in [7, 11) is 0. The molecule has 0 saturated carbocycles. The molecule has 0 aliphatic heterocycles. The standard InChI is InChI=1S/C12H27NO2/c1-4-5-6-7-8-13(9-11(2)14)10-12(3)15/h11-12,14-15H,4-10H2,1-3H3/t11-,12+. The van der Waals surface area contributed by atoms with Crippen LogP contribution in [0.5, 0.6) is 0 Å². The van der Waals surface area contributed by atoms with Gasteiger partial charge in [-0.3, -0.25) is 4.90 Å².